The molecule has 1 aromatic heterocycles. The van der Waals surface area contributed by atoms with Gasteiger partial charge in [-0.3, -0.25) is 14.5 Å². The van der Waals surface area contributed by atoms with Crippen LogP contribution in [0.2, 0.25) is 0 Å². The number of aliphatic carboxylic acids is 1. The van der Waals surface area contributed by atoms with Crippen molar-refractivity contribution < 1.29 is 19.5 Å². The van der Waals surface area contributed by atoms with Crippen molar-refractivity contribution in [2.75, 3.05) is 11.5 Å². The number of thioether (sulfide) groups is 2. The molecule has 0 bridgehead atoms. The molecule has 1 unspecified atom stereocenters. The van der Waals surface area contributed by atoms with Gasteiger partial charge in [0.25, 0.3) is 0 Å². The van der Waals surface area contributed by atoms with Crippen molar-refractivity contribution in [3.05, 3.63) is 27.4 Å². The van der Waals surface area contributed by atoms with Crippen molar-refractivity contribution in [1.82, 2.24) is 9.88 Å². The lowest BCUT2D eigenvalue weighted by atomic mass is 10.0. The van der Waals surface area contributed by atoms with Gasteiger partial charge < -0.3 is 10.8 Å². The van der Waals surface area contributed by atoms with E-state index >= 15 is 0 Å². The second-order valence-corrected chi connectivity index (χ2v) is 7.97. The number of thiazole rings is 1. The molecule has 3 rings (SSSR count). The summed E-state index contributed by atoms with van der Waals surface area (Å²) in [6.07, 6.45) is 0. The monoisotopic (exact) mass is 371 g/mol. The quantitative estimate of drug-likeness (QED) is 0.751. The summed E-state index contributed by atoms with van der Waals surface area (Å²) in [5.41, 5.74) is 7.00. The maximum Gasteiger partial charge on any atom is 0.352 e. The molecule has 122 valence electrons. The first-order valence-corrected chi connectivity index (χ1v) is 9.56. The van der Waals surface area contributed by atoms with Crippen LogP contribution in [0, 0.1) is 6.92 Å². The molecule has 0 spiro atoms. The Bertz CT molecular complexity index is 730. The molecule has 2 aliphatic heterocycles. The van der Waals surface area contributed by atoms with Crippen LogP contribution in [-0.4, -0.2) is 54.9 Å². The summed E-state index contributed by atoms with van der Waals surface area (Å²) in [4.78, 5) is 40.8. The lowest BCUT2D eigenvalue weighted by molar-refractivity contribution is -0.147. The molecule has 0 radical (unpaired) electrons. The molecule has 23 heavy (non-hydrogen) atoms. The lowest BCUT2D eigenvalue weighted by Crippen LogP contribution is -2.68. The number of rotatable bonds is 4. The average molecular weight is 371 g/mol. The molecule has 2 aliphatic rings. The van der Waals surface area contributed by atoms with Gasteiger partial charge in [0.15, 0.2) is 5.01 Å². The molecule has 3 N–H and O–H groups in total. The van der Waals surface area contributed by atoms with Crippen LogP contribution in [0.4, 0.5) is 0 Å². The zero-order chi connectivity index (χ0) is 16.7. The van der Waals surface area contributed by atoms with E-state index < -0.39 is 12.0 Å². The van der Waals surface area contributed by atoms with E-state index in [0.717, 1.165) is 17.5 Å². The topological polar surface area (TPSA) is 114 Å². The number of nitrogens with zero attached hydrogens (tertiary/aromatic N) is 2. The third kappa shape index (κ3) is 2.91. The van der Waals surface area contributed by atoms with Gasteiger partial charge in [-0.1, -0.05) is 11.8 Å². The Morgan fingerprint density at radius 2 is 2.30 bits per heavy atom. The molecule has 2 atom stereocenters. The number of nitrogens with two attached hydrogens (primary N) is 1. The summed E-state index contributed by atoms with van der Waals surface area (Å²) >= 11 is 3.70. The van der Waals surface area contributed by atoms with Crippen LogP contribution >= 0.6 is 34.9 Å². The van der Waals surface area contributed by atoms with Crippen LogP contribution in [-0.2, 0) is 9.59 Å². The van der Waals surface area contributed by atoms with E-state index in [4.69, 9.17) is 5.73 Å². The maximum atomic E-state index is 12.1. The molecule has 0 aliphatic carbocycles. The first-order chi connectivity index (χ1) is 10.9. The normalized spacial score (nSPS) is 23.6. The second kappa shape index (κ2) is 6.27. The lowest BCUT2D eigenvalue weighted by Gasteiger charge is -2.48. The van der Waals surface area contributed by atoms with Gasteiger partial charge in [-0.2, -0.15) is 0 Å². The summed E-state index contributed by atoms with van der Waals surface area (Å²) in [7, 11) is 0. The molecule has 1 amide bonds. The van der Waals surface area contributed by atoms with E-state index in [9.17, 15) is 19.5 Å². The molecule has 0 saturated carbocycles. The number of aromatic nitrogens is 1. The second-order valence-electron chi connectivity index (χ2n) is 5.06. The highest BCUT2D eigenvalue weighted by Gasteiger charge is 2.51. The highest BCUT2D eigenvalue weighted by atomic mass is 32.2. The molecular weight excluding hydrogens is 358 g/mol. The maximum absolute atomic E-state index is 12.1. The van der Waals surface area contributed by atoms with Crippen LogP contribution in [0.1, 0.15) is 15.5 Å². The summed E-state index contributed by atoms with van der Waals surface area (Å²) in [5.74, 6) is -0.883. The predicted molar refractivity (Wildman–Crippen MR) is 89.4 cm³/mol. The van der Waals surface area contributed by atoms with E-state index in [1.165, 1.54) is 28.0 Å². The van der Waals surface area contributed by atoms with Gasteiger partial charge in [-0.15, -0.1) is 23.1 Å². The summed E-state index contributed by atoms with van der Waals surface area (Å²) < 4.78 is 0. The summed E-state index contributed by atoms with van der Waals surface area (Å²) in [6.45, 7) is 1.81. The van der Waals surface area contributed by atoms with E-state index in [1.54, 1.807) is 12.3 Å². The third-order valence-corrected chi connectivity index (χ3v) is 6.86. The van der Waals surface area contributed by atoms with Crippen molar-refractivity contribution in [3.63, 3.8) is 0 Å². The third-order valence-electron chi connectivity index (χ3n) is 3.46. The highest BCUT2D eigenvalue weighted by molar-refractivity contribution is 8.14. The van der Waals surface area contributed by atoms with Crippen molar-refractivity contribution in [1.29, 1.82) is 0 Å². The fourth-order valence-corrected chi connectivity index (χ4v) is 5.44. The number of hydrogen-bond acceptors (Lipinski definition) is 8. The standard InChI is InChI=1S/C13H13N3O4S3/c1-5-2-21-9(15-5)13(20)23-4-6-3-22-11-7(14)10(17)16(11)8(6)12(18)19/h2,7,11H,3-4,14H2,1H3,(H,18,19)/t7?,11-/m1/s1. The minimum atomic E-state index is -1.16. The molecule has 1 fully saturated rings. The first-order valence-electron chi connectivity index (χ1n) is 6.65. The first kappa shape index (κ1) is 16.5. The van der Waals surface area contributed by atoms with Gasteiger partial charge in [0.2, 0.25) is 11.0 Å². The van der Waals surface area contributed by atoms with E-state index in [-0.39, 0.29) is 27.8 Å². The predicted octanol–water partition coefficient (Wildman–Crippen LogP) is 0.906. The molecule has 10 heteroatoms. The number of fused-ring (bicyclic) bond motifs is 1. The van der Waals surface area contributed by atoms with E-state index in [2.05, 4.69) is 4.98 Å². The van der Waals surface area contributed by atoms with Crippen molar-refractivity contribution in [2.45, 2.75) is 18.3 Å². The fraction of sp³-hybridized carbons (Fsp3) is 0.385. The molecule has 7 nitrogen and oxygen atoms in total. The van der Waals surface area contributed by atoms with Crippen LogP contribution in [0.5, 0.6) is 0 Å². The molecule has 1 aromatic rings. The average Bonchev–Trinajstić information content (AvgIpc) is 2.97. The molecule has 3 heterocycles. The summed E-state index contributed by atoms with van der Waals surface area (Å²) in [5, 5.41) is 11.1. The number of hydrogen-bond donors (Lipinski definition) is 2. The fourth-order valence-electron chi connectivity index (χ4n) is 2.35. The van der Waals surface area contributed by atoms with Crippen LogP contribution in [0.3, 0.4) is 0 Å². The van der Waals surface area contributed by atoms with Crippen LogP contribution < -0.4 is 5.73 Å². The Balaban J connectivity index is 1.76. The Kier molecular flexibility index (Phi) is 4.50. The summed E-state index contributed by atoms with van der Waals surface area (Å²) in [6, 6.07) is -0.650. The minimum absolute atomic E-state index is 0.0314. The van der Waals surface area contributed by atoms with Crippen LogP contribution in [0.15, 0.2) is 16.7 Å². The van der Waals surface area contributed by atoms with Gasteiger partial charge in [0.05, 0.1) is 0 Å². The van der Waals surface area contributed by atoms with Crippen molar-refractivity contribution in [3.8, 4) is 0 Å². The van der Waals surface area contributed by atoms with Crippen molar-refractivity contribution >= 4 is 51.9 Å². The van der Waals surface area contributed by atoms with Gasteiger partial charge in [-0.25, -0.2) is 9.78 Å². The zero-order valence-corrected chi connectivity index (χ0v) is 14.5. The van der Waals surface area contributed by atoms with Crippen LogP contribution in [0.25, 0.3) is 0 Å². The number of carbonyl (C=O) groups excluding carboxylic acids is 2. The largest absolute Gasteiger partial charge is 0.477 e. The number of carboxylic acids is 1. The van der Waals surface area contributed by atoms with Gasteiger partial charge in [0.1, 0.15) is 17.1 Å². The van der Waals surface area contributed by atoms with E-state index in [0.29, 0.717) is 16.3 Å². The zero-order valence-electron chi connectivity index (χ0n) is 12.0. The SMILES string of the molecule is Cc1csc(C(=O)SCC2=C(C(=O)O)N3C(=O)C(N)[C@H]3SC2)n1. The number of amides is 1. The van der Waals surface area contributed by atoms with Gasteiger partial charge >= 0.3 is 5.97 Å². The number of aryl methyl sites for hydroxylation is 1. The smallest absolute Gasteiger partial charge is 0.352 e. The highest BCUT2D eigenvalue weighted by Crippen LogP contribution is 2.40. The van der Waals surface area contributed by atoms with Crippen molar-refractivity contribution in [2.24, 2.45) is 5.73 Å². The number of carboxylic acid groups (broad SMARTS) is 1. The molecular formula is C13H13N3O4S3. The molecule has 0 aromatic carbocycles. The Labute approximate surface area is 144 Å². The Morgan fingerprint density at radius 1 is 1.57 bits per heavy atom. The minimum Gasteiger partial charge on any atom is -0.477 e. The van der Waals surface area contributed by atoms with Gasteiger partial charge in [0, 0.05) is 22.6 Å². The Hall–Kier alpha value is -1.36. The number of carbonyl (C=O) groups is 3. The van der Waals surface area contributed by atoms with Gasteiger partial charge in [-0.05, 0) is 12.5 Å². The Morgan fingerprint density at radius 3 is 2.91 bits per heavy atom. The molecule has 1 saturated heterocycles. The van der Waals surface area contributed by atoms with E-state index in [1.807, 2.05) is 0 Å². The number of β-lactam (4-membered cyclic amide) rings is 1.